The third kappa shape index (κ3) is 11.1. The lowest BCUT2D eigenvalue weighted by Gasteiger charge is -2.46. The van der Waals surface area contributed by atoms with Crippen LogP contribution in [-0.2, 0) is 5.41 Å². The highest BCUT2D eigenvalue weighted by atomic mass is 16.3. The van der Waals surface area contributed by atoms with Crippen LogP contribution in [0.1, 0.15) is 26.3 Å². The second kappa shape index (κ2) is 27.0. The zero-order chi connectivity index (χ0) is 74.5. The lowest BCUT2D eigenvalue weighted by Crippen LogP contribution is -2.61. The minimum absolute atomic E-state index is 0.279. The smallest absolute Gasteiger partial charge is 0.252 e. The van der Waals surface area contributed by atoms with Gasteiger partial charge in [-0.3, -0.25) is 0 Å². The Morgan fingerprint density at radius 2 is 0.580 bits per heavy atom. The minimum Gasteiger partial charge on any atom is -0.456 e. The predicted molar refractivity (Wildman–Crippen MR) is 476 cm³/mol. The van der Waals surface area contributed by atoms with Crippen molar-refractivity contribution in [2.24, 2.45) is 0 Å². The summed E-state index contributed by atoms with van der Waals surface area (Å²) in [4.78, 5) is 5.42. The zero-order valence-electron chi connectivity index (χ0n) is 62.5. The monoisotopic (exact) mass is 1430 g/mol. The van der Waals surface area contributed by atoms with Crippen LogP contribution in [0, 0.1) is 0 Å². The molecule has 0 fully saturated rings. The number of hydrogen-bond acceptors (Lipinski definition) is 3. The first kappa shape index (κ1) is 66.2. The van der Waals surface area contributed by atoms with Crippen molar-refractivity contribution in [2.75, 3.05) is 9.80 Å². The van der Waals surface area contributed by atoms with E-state index in [2.05, 4.69) is 431 Å². The SMILES string of the molecule is CC(C)(C)c1cc2c3c(c1)N(c1c(-c4ccccc4)cc(-c4ccccc4)cc1-c1ccccc1)c1cc(-c4cccc5oc6ccccc6c45)ccc1B3c1ccc(-c3ccc4c(-c5ccccc5)c5ccccc5c(-c5ccccc5)c4c3)cc1N2c1c(-c2ccccc2)cc(-c2ccccc2)cc1-c1ccccc1. The fourth-order valence-electron chi connectivity index (χ4n) is 18.2. The molecule has 1 aromatic heterocycles. The second-order valence-electron chi connectivity index (χ2n) is 30.9. The molecule has 0 saturated heterocycles. The fourth-order valence-corrected chi connectivity index (χ4v) is 18.2. The Bertz CT molecular complexity index is 6750. The van der Waals surface area contributed by atoms with Crippen LogP contribution in [0.15, 0.2) is 405 Å². The molecule has 0 bridgehead atoms. The van der Waals surface area contributed by atoms with Crippen molar-refractivity contribution in [3.8, 4) is 111 Å². The maximum absolute atomic E-state index is 6.74. The summed E-state index contributed by atoms with van der Waals surface area (Å²) in [6.07, 6.45) is 0. The second-order valence-corrected chi connectivity index (χ2v) is 30.9. The molecule has 0 radical (unpaired) electrons. The van der Waals surface area contributed by atoms with Crippen LogP contribution in [0.3, 0.4) is 0 Å². The third-order valence-electron chi connectivity index (χ3n) is 23.4. The normalized spacial score (nSPS) is 12.4. The number of hydrogen-bond donors (Lipinski definition) is 0. The Morgan fingerprint density at radius 1 is 0.232 bits per heavy atom. The summed E-state index contributed by atoms with van der Waals surface area (Å²) in [5.74, 6) is 0. The van der Waals surface area contributed by atoms with E-state index in [1.54, 1.807) is 0 Å². The van der Waals surface area contributed by atoms with Gasteiger partial charge in [0, 0.05) is 55.8 Å². The van der Waals surface area contributed by atoms with Crippen LogP contribution in [0.2, 0.25) is 0 Å². The van der Waals surface area contributed by atoms with Crippen LogP contribution < -0.4 is 26.2 Å². The predicted octanol–water partition coefficient (Wildman–Crippen LogP) is 27.9. The van der Waals surface area contributed by atoms with Gasteiger partial charge in [0.1, 0.15) is 11.2 Å². The van der Waals surface area contributed by atoms with E-state index in [9.17, 15) is 0 Å². The molecular formula is C108H75BN2O. The van der Waals surface area contributed by atoms with E-state index >= 15 is 0 Å². The third-order valence-corrected chi connectivity index (χ3v) is 23.4. The van der Waals surface area contributed by atoms with Crippen LogP contribution >= 0.6 is 0 Å². The topological polar surface area (TPSA) is 19.6 Å². The molecule has 2 aliphatic heterocycles. The van der Waals surface area contributed by atoms with Gasteiger partial charge < -0.3 is 14.2 Å². The van der Waals surface area contributed by atoms with Gasteiger partial charge in [-0.05, 0) is 205 Å². The molecule has 21 rings (SSSR count). The largest absolute Gasteiger partial charge is 0.456 e. The Balaban J connectivity index is 0.919. The van der Waals surface area contributed by atoms with E-state index in [4.69, 9.17) is 4.42 Å². The number of anilines is 6. The summed E-state index contributed by atoms with van der Waals surface area (Å²) in [5, 5.41) is 7.05. The summed E-state index contributed by atoms with van der Waals surface area (Å²) in [6, 6.07) is 150. The van der Waals surface area contributed by atoms with Gasteiger partial charge in [0.2, 0.25) is 0 Å². The average molecular weight is 1430 g/mol. The molecule has 0 unspecified atom stereocenters. The minimum atomic E-state index is -0.367. The number of furan rings is 1. The van der Waals surface area contributed by atoms with Gasteiger partial charge in [0.25, 0.3) is 6.71 Å². The number of benzene rings is 18. The summed E-state index contributed by atoms with van der Waals surface area (Å²) < 4.78 is 6.74. The first-order valence-electron chi connectivity index (χ1n) is 39.0. The summed E-state index contributed by atoms with van der Waals surface area (Å²) >= 11 is 0. The van der Waals surface area contributed by atoms with Crippen molar-refractivity contribution < 1.29 is 4.42 Å². The highest BCUT2D eigenvalue weighted by molar-refractivity contribution is 7.00. The first-order valence-corrected chi connectivity index (χ1v) is 39.0. The molecular weight excluding hydrogens is 1350 g/mol. The lowest BCUT2D eigenvalue weighted by molar-refractivity contribution is 0.590. The molecule has 112 heavy (non-hydrogen) atoms. The van der Waals surface area contributed by atoms with Gasteiger partial charge in [-0.2, -0.15) is 0 Å². The standard InChI is InChI=1S/C108H75BN2O/c1-108(2,3)83-68-98-105-99(69-83)111(107-91(74-41-20-8-21-42-74)64-82(71-35-14-5-15-36-71)65-92(107)75-43-22-9-23-44-75)97-67-80(84-52-32-54-101-104(84)88-51-30-31-53-100(88)112-101)57-60-95(97)109(105)94-59-56-79(78-55-58-87-93(61-78)103(77-47-26-11-27-48-77)86-50-29-28-49-85(86)102(87)76-45-24-10-25-46-76)66-96(94)110(98)106-89(72-37-16-6-17-38-72)62-81(70-33-12-4-13-34-70)63-90(106)73-39-18-7-19-40-73/h4-69H,1-3H3. The van der Waals surface area contributed by atoms with Crippen molar-refractivity contribution in [1.29, 1.82) is 0 Å². The quantitative estimate of drug-likeness (QED) is 0.0898. The molecule has 526 valence electrons. The molecule has 0 spiro atoms. The van der Waals surface area contributed by atoms with Gasteiger partial charge >= 0.3 is 0 Å². The molecule has 0 aliphatic carbocycles. The molecule has 0 amide bonds. The average Bonchev–Trinajstić information content (AvgIpc) is 0.717. The van der Waals surface area contributed by atoms with Crippen molar-refractivity contribution in [3.63, 3.8) is 0 Å². The maximum atomic E-state index is 6.74. The summed E-state index contributed by atoms with van der Waals surface area (Å²) in [6.45, 7) is 6.89. The Labute approximate surface area is 654 Å². The zero-order valence-corrected chi connectivity index (χ0v) is 62.5. The van der Waals surface area contributed by atoms with Crippen molar-refractivity contribution in [3.05, 3.63) is 406 Å². The highest BCUT2D eigenvalue weighted by Gasteiger charge is 2.46. The van der Waals surface area contributed by atoms with Crippen molar-refractivity contribution in [1.82, 2.24) is 0 Å². The van der Waals surface area contributed by atoms with Crippen LogP contribution in [0.5, 0.6) is 0 Å². The molecule has 19 aromatic rings. The Morgan fingerprint density at radius 3 is 1.03 bits per heavy atom. The summed E-state index contributed by atoms with van der Waals surface area (Å²) in [5.41, 5.74) is 35.7. The van der Waals surface area contributed by atoms with Crippen LogP contribution in [0.25, 0.3) is 155 Å². The molecule has 0 saturated carbocycles. The molecule has 0 atom stereocenters. The molecule has 3 nitrogen and oxygen atoms in total. The first-order chi connectivity index (χ1) is 55.2. The van der Waals surface area contributed by atoms with E-state index < -0.39 is 0 Å². The number of nitrogens with zero attached hydrogens (tertiary/aromatic N) is 2. The van der Waals surface area contributed by atoms with Crippen LogP contribution in [0.4, 0.5) is 34.1 Å². The molecule has 3 heterocycles. The van der Waals surface area contributed by atoms with E-state index in [1.807, 2.05) is 0 Å². The van der Waals surface area contributed by atoms with Gasteiger partial charge in [-0.25, -0.2) is 0 Å². The fraction of sp³-hybridized carbons (Fsp3) is 0.0370. The van der Waals surface area contributed by atoms with Gasteiger partial charge in [0.05, 0.1) is 11.4 Å². The molecule has 18 aromatic carbocycles. The van der Waals surface area contributed by atoms with E-state index in [0.717, 1.165) is 145 Å². The van der Waals surface area contributed by atoms with Gasteiger partial charge in [-0.1, -0.05) is 354 Å². The van der Waals surface area contributed by atoms with E-state index in [1.165, 1.54) is 65.8 Å². The number of rotatable bonds is 12. The Kier molecular flexibility index (Phi) is 15.9. The number of para-hydroxylation sites is 1. The van der Waals surface area contributed by atoms with Crippen LogP contribution in [-0.4, -0.2) is 6.71 Å². The summed E-state index contributed by atoms with van der Waals surface area (Å²) in [7, 11) is 0. The van der Waals surface area contributed by atoms with Crippen molar-refractivity contribution >= 4 is 101 Å². The maximum Gasteiger partial charge on any atom is 0.252 e. The lowest BCUT2D eigenvalue weighted by atomic mass is 9.33. The number of fused-ring (bicyclic) bond motifs is 9. The van der Waals surface area contributed by atoms with Crippen molar-refractivity contribution in [2.45, 2.75) is 26.2 Å². The Hall–Kier alpha value is -14.1. The molecule has 2 aliphatic rings. The molecule has 0 N–H and O–H groups in total. The van der Waals surface area contributed by atoms with E-state index in [-0.39, 0.29) is 12.1 Å². The molecule has 4 heteroatoms. The van der Waals surface area contributed by atoms with Gasteiger partial charge in [-0.15, -0.1) is 0 Å². The van der Waals surface area contributed by atoms with E-state index in [0.29, 0.717) is 0 Å². The highest BCUT2D eigenvalue weighted by Crippen LogP contribution is 2.57. The van der Waals surface area contributed by atoms with Gasteiger partial charge in [0.15, 0.2) is 0 Å².